The Kier molecular flexibility index (Phi) is 6.98. The van der Waals surface area contributed by atoms with Crippen molar-refractivity contribution in [3.63, 3.8) is 0 Å². The van der Waals surface area contributed by atoms with Gasteiger partial charge in [0.1, 0.15) is 0 Å². The molecule has 0 unspecified atom stereocenters. The van der Waals surface area contributed by atoms with Gasteiger partial charge < -0.3 is 4.90 Å². The number of rotatable bonds is 6. The zero-order chi connectivity index (χ0) is 20.5. The van der Waals surface area contributed by atoms with E-state index in [2.05, 4.69) is 4.98 Å². The lowest BCUT2D eigenvalue weighted by molar-refractivity contribution is -0.133. The van der Waals surface area contributed by atoms with E-state index in [1.807, 2.05) is 53.4 Å². The second-order valence-electron chi connectivity index (χ2n) is 7.52. The van der Waals surface area contributed by atoms with Crippen LogP contribution in [-0.4, -0.2) is 37.7 Å². The summed E-state index contributed by atoms with van der Waals surface area (Å²) in [5.41, 5.74) is 0.439. The summed E-state index contributed by atoms with van der Waals surface area (Å²) in [7, 11) is 0. The number of benzene rings is 1. The van der Waals surface area contributed by atoms with E-state index in [0.717, 1.165) is 0 Å². The van der Waals surface area contributed by atoms with E-state index >= 15 is 0 Å². The summed E-state index contributed by atoms with van der Waals surface area (Å²) >= 11 is 7.40. The molecule has 148 valence electrons. The molecule has 0 spiro atoms. The number of carbonyl (C=O) groups excluding carboxylic acids is 1. The molecule has 0 radical (unpaired) electrons. The lowest BCUT2D eigenvalue weighted by Gasteiger charge is -2.33. The molecule has 0 saturated carbocycles. The largest absolute Gasteiger partial charge is 0.337 e. The smallest absolute Gasteiger partial charge is 0.262 e. The standard InChI is InChI=1S/C20H28ClN3O2S/c1-11(2)23(12(3)4)18(25)14(7)27-20-22-17-10-15(21)8-9-16(17)19(26)24(20)13(5)6/h8-14H,1-7H3/t14-/m0/s1. The van der Waals surface area contributed by atoms with Gasteiger partial charge in [0.2, 0.25) is 5.91 Å². The Labute approximate surface area is 170 Å². The van der Waals surface area contributed by atoms with E-state index < -0.39 is 0 Å². The zero-order valence-electron chi connectivity index (χ0n) is 17.0. The van der Waals surface area contributed by atoms with Crippen molar-refractivity contribution in [3.05, 3.63) is 33.6 Å². The van der Waals surface area contributed by atoms with Crippen molar-refractivity contribution in [1.29, 1.82) is 0 Å². The molecule has 0 aliphatic rings. The molecule has 0 N–H and O–H groups in total. The highest BCUT2D eigenvalue weighted by Gasteiger charge is 2.27. The quantitative estimate of drug-likeness (QED) is 0.510. The molecule has 0 bridgehead atoms. The highest BCUT2D eigenvalue weighted by molar-refractivity contribution is 8.00. The number of nitrogens with zero attached hydrogens (tertiary/aromatic N) is 3. The summed E-state index contributed by atoms with van der Waals surface area (Å²) < 4.78 is 1.65. The van der Waals surface area contributed by atoms with Crippen LogP contribution in [0.15, 0.2) is 28.2 Å². The Hall–Kier alpha value is -1.53. The van der Waals surface area contributed by atoms with Crippen LogP contribution in [0.3, 0.4) is 0 Å². The first-order valence-corrected chi connectivity index (χ1v) is 10.5. The Morgan fingerprint density at radius 1 is 1.11 bits per heavy atom. The molecule has 1 heterocycles. The van der Waals surface area contributed by atoms with Crippen molar-refractivity contribution in [2.45, 2.75) is 77.0 Å². The summed E-state index contributed by atoms with van der Waals surface area (Å²) in [6.45, 7) is 13.8. The summed E-state index contributed by atoms with van der Waals surface area (Å²) in [5, 5.41) is 1.24. The van der Waals surface area contributed by atoms with E-state index in [9.17, 15) is 9.59 Å². The molecule has 1 amide bonds. The molecule has 7 heteroatoms. The topological polar surface area (TPSA) is 55.2 Å². The lowest BCUT2D eigenvalue weighted by Crippen LogP contribution is -2.45. The highest BCUT2D eigenvalue weighted by Crippen LogP contribution is 2.27. The fourth-order valence-electron chi connectivity index (χ4n) is 3.21. The van der Waals surface area contributed by atoms with Gasteiger partial charge in [-0.05, 0) is 66.7 Å². The Morgan fingerprint density at radius 2 is 1.70 bits per heavy atom. The SMILES string of the molecule is CC(C)N(C(=O)[C@H](C)Sc1nc2cc(Cl)ccc2c(=O)n1C(C)C)C(C)C. The van der Waals surface area contributed by atoms with Gasteiger partial charge in [-0.2, -0.15) is 0 Å². The number of hydrogen-bond donors (Lipinski definition) is 0. The third kappa shape index (κ3) is 4.66. The van der Waals surface area contributed by atoms with Gasteiger partial charge in [-0.3, -0.25) is 14.2 Å². The van der Waals surface area contributed by atoms with Gasteiger partial charge in [-0.25, -0.2) is 4.98 Å². The third-order valence-corrected chi connectivity index (χ3v) is 5.63. The second kappa shape index (κ2) is 8.65. The van der Waals surface area contributed by atoms with E-state index in [0.29, 0.717) is 21.1 Å². The van der Waals surface area contributed by atoms with Crippen LogP contribution < -0.4 is 5.56 Å². The highest BCUT2D eigenvalue weighted by atomic mass is 35.5. The maximum absolute atomic E-state index is 13.0. The van der Waals surface area contributed by atoms with Gasteiger partial charge in [0, 0.05) is 23.1 Å². The summed E-state index contributed by atoms with van der Waals surface area (Å²) in [6.07, 6.45) is 0. The van der Waals surface area contributed by atoms with E-state index in [4.69, 9.17) is 11.6 Å². The molecule has 27 heavy (non-hydrogen) atoms. The third-order valence-electron chi connectivity index (χ3n) is 4.34. The van der Waals surface area contributed by atoms with Gasteiger partial charge in [0.05, 0.1) is 16.2 Å². The first-order valence-electron chi connectivity index (χ1n) is 9.25. The van der Waals surface area contributed by atoms with Crippen LogP contribution in [-0.2, 0) is 4.79 Å². The van der Waals surface area contributed by atoms with E-state index in [-0.39, 0.29) is 34.8 Å². The number of aromatic nitrogens is 2. The number of fused-ring (bicyclic) bond motifs is 1. The number of amides is 1. The van der Waals surface area contributed by atoms with E-state index in [1.165, 1.54) is 11.8 Å². The molecular weight excluding hydrogens is 382 g/mol. The normalized spacial score (nSPS) is 13.0. The van der Waals surface area contributed by atoms with Gasteiger partial charge in [0.25, 0.3) is 5.56 Å². The van der Waals surface area contributed by atoms with Crippen molar-refractivity contribution in [3.8, 4) is 0 Å². The molecule has 0 fully saturated rings. The van der Waals surface area contributed by atoms with Crippen LogP contribution in [0, 0.1) is 0 Å². The fraction of sp³-hybridized carbons (Fsp3) is 0.550. The van der Waals surface area contributed by atoms with Gasteiger partial charge in [-0.1, -0.05) is 23.4 Å². The van der Waals surface area contributed by atoms with E-state index in [1.54, 1.807) is 22.8 Å². The molecule has 2 aromatic rings. The van der Waals surface area contributed by atoms with Crippen molar-refractivity contribution < 1.29 is 4.79 Å². The number of carbonyl (C=O) groups is 1. The molecule has 0 aliphatic heterocycles. The second-order valence-corrected chi connectivity index (χ2v) is 9.26. The Morgan fingerprint density at radius 3 is 2.22 bits per heavy atom. The van der Waals surface area contributed by atoms with Crippen LogP contribution in [0.4, 0.5) is 0 Å². The summed E-state index contributed by atoms with van der Waals surface area (Å²) in [4.78, 5) is 32.5. The Balaban J connectivity index is 2.49. The molecule has 0 saturated heterocycles. The van der Waals surface area contributed by atoms with Gasteiger partial charge in [0.15, 0.2) is 5.16 Å². The number of hydrogen-bond acceptors (Lipinski definition) is 4. The van der Waals surface area contributed by atoms with Crippen LogP contribution in [0.2, 0.25) is 5.02 Å². The zero-order valence-corrected chi connectivity index (χ0v) is 18.6. The molecular formula is C20H28ClN3O2S. The Bertz CT molecular complexity index is 885. The van der Waals surface area contributed by atoms with Gasteiger partial charge in [-0.15, -0.1) is 0 Å². The summed E-state index contributed by atoms with van der Waals surface area (Å²) in [5.74, 6) is 0.0424. The monoisotopic (exact) mass is 409 g/mol. The predicted octanol–water partition coefficient (Wildman–Crippen LogP) is 4.76. The average molecular weight is 410 g/mol. The van der Waals surface area contributed by atoms with Crippen molar-refractivity contribution >= 4 is 40.2 Å². The summed E-state index contributed by atoms with van der Waals surface area (Å²) in [6, 6.07) is 5.23. The average Bonchev–Trinajstić information content (AvgIpc) is 2.53. The molecule has 0 aliphatic carbocycles. The van der Waals surface area contributed by atoms with Crippen LogP contribution in [0.5, 0.6) is 0 Å². The van der Waals surface area contributed by atoms with Crippen molar-refractivity contribution in [1.82, 2.24) is 14.5 Å². The molecule has 1 aromatic carbocycles. The minimum absolute atomic E-state index is 0.0424. The maximum atomic E-state index is 13.0. The lowest BCUT2D eigenvalue weighted by atomic mass is 10.2. The fourth-order valence-corrected chi connectivity index (χ4v) is 4.48. The van der Waals surface area contributed by atoms with Crippen LogP contribution in [0.25, 0.3) is 10.9 Å². The minimum Gasteiger partial charge on any atom is -0.337 e. The van der Waals surface area contributed by atoms with Gasteiger partial charge >= 0.3 is 0 Å². The predicted molar refractivity (Wildman–Crippen MR) is 114 cm³/mol. The first kappa shape index (κ1) is 21.8. The number of thioether (sulfide) groups is 1. The van der Waals surface area contributed by atoms with Crippen LogP contribution in [0.1, 0.15) is 54.5 Å². The first-order chi connectivity index (χ1) is 12.5. The van der Waals surface area contributed by atoms with Crippen molar-refractivity contribution in [2.75, 3.05) is 0 Å². The minimum atomic E-state index is -0.358. The van der Waals surface area contributed by atoms with Crippen molar-refractivity contribution in [2.24, 2.45) is 0 Å². The number of halogens is 1. The molecule has 2 rings (SSSR count). The maximum Gasteiger partial charge on any atom is 0.262 e. The molecule has 5 nitrogen and oxygen atoms in total. The molecule has 1 atom stereocenters. The van der Waals surface area contributed by atoms with Crippen LogP contribution >= 0.6 is 23.4 Å². The molecule has 1 aromatic heterocycles.